The monoisotopic (exact) mass is 350 g/mol. The number of aromatic nitrogens is 3. The Labute approximate surface area is 154 Å². The molecule has 1 unspecified atom stereocenters. The van der Waals surface area contributed by atoms with Crippen molar-refractivity contribution in [3.8, 4) is 0 Å². The smallest absolute Gasteiger partial charge is 0.138 e. The average molecular weight is 350 g/mol. The molecule has 3 heterocycles. The van der Waals surface area contributed by atoms with E-state index in [0.717, 1.165) is 37.6 Å². The van der Waals surface area contributed by atoms with Gasteiger partial charge in [-0.25, -0.2) is 4.98 Å². The third-order valence-electron chi connectivity index (χ3n) is 5.38. The van der Waals surface area contributed by atoms with Gasteiger partial charge in [-0.3, -0.25) is 4.90 Å². The highest BCUT2D eigenvalue weighted by molar-refractivity contribution is 5.21. The van der Waals surface area contributed by atoms with E-state index >= 15 is 0 Å². The molecular formula is C21H26N4O. The van der Waals surface area contributed by atoms with E-state index in [9.17, 15) is 0 Å². The van der Waals surface area contributed by atoms with Crippen LogP contribution in [0.5, 0.6) is 0 Å². The van der Waals surface area contributed by atoms with Crippen LogP contribution in [0, 0.1) is 13.8 Å². The molecule has 0 radical (unpaired) electrons. The fourth-order valence-electron chi connectivity index (χ4n) is 3.96. The lowest BCUT2D eigenvalue weighted by atomic mass is 9.96. The van der Waals surface area contributed by atoms with Gasteiger partial charge in [0.1, 0.15) is 11.6 Å². The van der Waals surface area contributed by atoms with Crippen LogP contribution in [-0.2, 0) is 13.1 Å². The second-order valence-corrected chi connectivity index (χ2v) is 7.28. The summed E-state index contributed by atoms with van der Waals surface area (Å²) in [5.41, 5.74) is 3.56. The summed E-state index contributed by atoms with van der Waals surface area (Å²) < 4.78 is 7.63. The van der Waals surface area contributed by atoms with Crippen molar-refractivity contribution < 1.29 is 4.52 Å². The molecule has 1 saturated heterocycles. The minimum Gasteiger partial charge on any atom is -0.361 e. The fourth-order valence-corrected chi connectivity index (χ4v) is 3.96. The Hall–Kier alpha value is -2.40. The van der Waals surface area contributed by atoms with Crippen molar-refractivity contribution in [1.82, 2.24) is 19.6 Å². The van der Waals surface area contributed by atoms with Crippen LogP contribution in [0.3, 0.4) is 0 Å². The first-order valence-corrected chi connectivity index (χ1v) is 9.40. The third-order valence-corrected chi connectivity index (χ3v) is 5.38. The van der Waals surface area contributed by atoms with Crippen molar-refractivity contribution in [2.24, 2.45) is 0 Å². The van der Waals surface area contributed by atoms with E-state index in [0.29, 0.717) is 5.92 Å². The van der Waals surface area contributed by atoms with Gasteiger partial charge in [0.2, 0.25) is 0 Å². The standard InChI is InChI=1S/C21H26N4O/c1-16-20(17(2)26-23-16)15-24-11-6-9-19(14-24)21-22-10-12-25(21)13-18-7-4-3-5-8-18/h3-5,7-8,10,12,19H,6,9,11,13-15H2,1-2H3. The van der Waals surface area contributed by atoms with Crippen LogP contribution in [0.15, 0.2) is 47.2 Å². The third kappa shape index (κ3) is 3.58. The molecule has 0 N–H and O–H groups in total. The molecule has 0 amide bonds. The molecule has 2 aromatic heterocycles. The van der Waals surface area contributed by atoms with Gasteiger partial charge >= 0.3 is 0 Å². The fraction of sp³-hybridized carbons (Fsp3) is 0.429. The Bertz CT molecular complexity index is 833. The molecule has 3 aromatic rings. The van der Waals surface area contributed by atoms with E-state index in [1.807, 2.05) is 20.0 Å². The van der Waals surface area contributed by atoms with Gasteiger partial charge in [-0.1, -0.05) is 35.5 Å². The van der Waals surface area contributed by atoms with Crippen LogP contribution in [0.25, 0.3) is 0 Å². The number of hydrogen-bond donors (Lipinski definition) is 0. The van der Waals surface area contributed by atoms with Crippen LogP contribution in [0.4, 0.5) is 0 Å². The molecule has 4 rings (SSSR count). The second-order valence-electron chi connectivity index (χ2n) is 7.28. The first-order chi connectivity index (χ1) is 12.7. The topological polar surface area (TPSA) is 47.1 Å². The molecule has 136 valence electrons. The Morgan fingerprint density at radius 3 is 2.77 bits per heavy atom. The van der Waals surface area contributed by atoms with Crippen molar-refractivity contribution in [3.05, 3.63) is 71.1 Å². The Balaban J connectivity index is 1.48. The second kappa shape index (κ2) is 7.46. The zero-order chi connectivity index (χ0) is 17.9. The van der Waals surface area contributed by atoms with Crippen LogP contribution < -0.4 is 0 Å². The predicted octanol–water partition coefficient (Wildman–Crippen LogP) is 3.92. The summed E-state index contributed by atoms with van der Waals surface area (Å²) in [6.45, 7) is 7.99. The highest BCUT2D eigenvalue weighted by atomic mass is 16.5. The maximum atomic E-state index is 5.33. The molecule has 0 spiro atoms. The SMILES string of the molecule is Cc1noc(C)c1CN1CCCC(c2nccn2Cc2ccccc2)C1. The Morgan fingerprint density at radius 2 is 2.00 bits per heavy atom. The minimum absolute atomic E-state index is 0.475. The summed E-state index contributed by atoms with van der Waals surface area (Å²) >= 11 is 0. The maximum absolute atomic E-state index is 5.33. The Kier molecular flexibility index (Phi) is 4.89. The highest BCUT2D eigenvalue weighted by Gasteiger charge is 2.26. The van der Waals surface area contributed by atoms with Gasteiger partial charge in [0.25, 0.3) is 0 Å². The van der Waals surface area contributed by atoms with Gasteiger partial charge in [0, 0.05) is 43.5 Å². The highest BCUT2D eigenvalue weighted by Crippen LogP contribution is 2.28. The molecule has 1 atom stereocenters. The molecule has 5 nitrogen and oxygen atoms in total. The van der Waals surface area contributed by atoms with Gasteiger partial charge < -0.3 is 9.09 Å². The van der Waals surface area contributed by atoms with Crippen molar-refractivity contribution in [1.29, 1.82) is 0 Å². The van der Waals surface area contributed by atoms with Gasteiger partial charge in [0.15, 0.2) is 0 Å². The lowest BCUT2D eigenvalue weighted by Gasteiger charge is -2.32. The maximum Gasteiger partial charge on any atom is 0.138 e. The van der Waals surface area contributed by atoms with E-state index in [2.05, 4.69) is 51.2 Å². The largest absolute Gasteiger partial charge is 0.361 e. The van der Waals surface area contributed by atoms with E-state index < -0.39 is 0 Å². The van der Waals surface area contributed by atoms with Crippen molar-refractivity contribution in [2.45, 2.75) is 45.7 Å². The molecule has 0 bridgehead atoms. The van der Waals surface area contributed by atoms with Crippen LogP contribution in [0.2, 0.25) is 0 Å². The lowest BCUT2D eigenvalue weighted by molar-refractivity contribution is 0.193. The number of aryl methyl sites for hydroxylation is 2. The number of benzene rings is 1. The molecule has 26 heavy (non-hydrogen) atoms. The molecule has 1 fully saturated rings. The van der Waals surface area contributed by atoms with E-state index in [-0.39, 0.29) is 0 Å². The molecule has 5 heteroatoms. The van der Waals surface area contributed by atoms with Gasteiger partial charge in [-0.05, 0) is 38.8 Å². The van der Waals surface area contributed by atoms with E-state index in [4.69, 9.17) is 9.51 Å². The number of likely N-dealkylation sites (tertiary alicyclic amines) is 1. The normalized spacial score (nSPS) is 18.3. The molecule has 0 aliphatic carbocycles. The molecule has 1 aliphatic rings. The quantitative estimate of drug-likeness (QED) is 0.700. The minimum atomic E-state index is 0.475. The number of hydrogen-bond acceptors (Lipinski definition) is 4. The summed E-state index contributed by atoms with van der Waals surface area (Å²) in [7, 11) is 0. The molecule has 1 aliphatic heterocycles. The number of nitrogens with zero attached hydrogens (tertiary/aromatic N) is 4. The van der Waals surface area contributed by atoms with Crippen LogP contribution in [0.1, 0.15) is 47.2 Å². The molecular weight excluding hydrogens is 324 g/mol. The molecule has 1 aromatic carbocycles. The summed E-state index contributed by atoms with van der Waals surface area (Å²) in [6.07, 6.45) is 6.44. The zero-order valence-corrected chi connectivity index (χ0v) is 15.6. The van der Waals surface area contributed by atoms with Gasteiger partial charge in [-0.2, -0.15) is 0 Å². The number of piperidine rings is 1. The van der Waals surface area contributed by atoms with Crippen LogP contribution in [-0.4, -0.2) is 32.7 Å². The van der Waals surface area contributed by atoms with Crippen molar-refractivity contribution in [2.75, 3.05) is 13.1 Å². The number of rotatable bonds is 5. The summed E-state index contributed by atoms with van der Waals surface area (Å²) in [5, 5.41) is 4.09. The predicted molar refractivity (Wildman–Crippen MR) is 101 cm³/mol. The van der Waals surface area contributed by atoms with E-state index in [1.165, 1.54) is 29.8 Å². The summed E-state index contributed by atoms with van der Waals surface area (Å²) in [5.74, 6) is 2.62. The summed E-state index contributed by atoms with van der Waals surface area (Å²) in [4.78, 5) is 7.22. The average Bonchev–Trinajstić information content (AvgIpc) is 3.25. The van der Waals surface area contributed by atoms with Crippen molar-refractivity contribution >= 4 is 0 Å². The summed E-state index contributed by atoms with van der Waals surface area (Å²) in [6, 6.07) is 10.6. The Morgan fingerprint density at radius 1 is 1.15 bits per heavy atom. The first kappa shape index (κ1) is 17.0. The molecule has 0 saturated carbocycles. The van der Waals surface area contributed by atoms with Gasteiger partial charge in [-0.15, -0.1) is 0 Å². The number of imidazole rings is 1. The zero-order valence-electron chi connectivity index (χ0n) is 15.6. The lowest BCUT2D eigenvalue weighted by Crippen LogP contribution is -2.35. The van der Waals surface area contributed by atoms with Crippen LogP contribution >= 0.6 is 0 Å². The van der Waals surface area contributed by atoms with Crippen molar-refractivity contribution in [3.63, 3.8) is 0 Å². The van der Waals surface area contributed by atoms with Gasteiger partial charge in [0.05, 0.1) is 5.69 Å². The van der Waals surface area contributed by atoms with E-state index in [1.54, 1.807) is 0 Å². The first-order valence-electron chi connectivity index (χ1n) is 9.40.